The van der Waals surface area contributed by atoms with Crippen molar-refractivity contribution < 1.29 is 9.47 Å². The molecule has 1 aliphatic heterocycles. The molecule has 1 heterocycles. The van der Waals surface area contributed by atoms with Gasteiger partial charge in [0.2, 0.25) is 0 Å². The second-order valence-electron chi connectivity index (χ2n) is 4.19. The van der Waals surface area contributed by atoms with Gasteiger partial charge in [-0.1, -0.05) is 54.7 Å². The van der Waals surface area contributed by atoms with Crippen LogP contribution in [-0.2, 0) is 9.47 Å². The summed E-state index contributed by atoms with van der Waals surface area (Å²) in [5.74, 6) is 0. The minimum atomic E-state index is 0.429. The van der Waals surface area contributed by atoms with E-state index in [-0.39, 0.29) is 0 Å². The molecule has 0 saturated carbocycles. The second-order valence-corrected chi connectivity index (χ2v) is 5.27. The van der Waals surface area contributed by atoms with Crippen molar-refractivity contribution in [2.45, 2.75) is 51.0 Å². The molecule has 0 amide bonds. The van der Waals surface area contributed by atoms with Gasteiger partial charge in [0.1, 0.15) is 6.10 Å². The highest BCUT2D eigenvalue weighted by Gasteiger charge is 2.21. The molecule has 2 nitrogen and oxygen atoms in total. The monoisotopic (exact) mass is 326 g/mol. The van der Waals surface area contributed by atoms with Crippen LogP contribution >= 0.6 is 22.6 Å². The third kappa shape index (κ3) is 9.57. The molecule has 0 N–H and O–H groups in total. The van der Waals surface area contributed by atoms with Crippen LogP contribution in [0.3, 0.4) is 0 Å². The number of hydrogen-bond acceptors (Lipinski definition) is 2. The van der Waals surface area contributed by atoms with Crippen LogP contribution in [0.15, 0.2) is 0 Å². The normalized spacial score (nSPS) is 19.4. The predicted molar refractivity (Wildman–Crippen MR) is 71.8 cm³/mol. The van der Waals surface area contributed by atoms with E-state index in [4.69, 9.17) is 9.47 Å². The van der Waals surface area contributed by atoms with Gasteiger partial charge in [-0.2, -0.15) is 0 Å². The first-order valence-electron chi connectivity index (χ1n) is 6.19. The quantitative estimate of drug-likeness (QED) is 0.251. The standard InChI is InChI=1S/C12H23IO2/c13-8-6-4-2-1-3-5-7-9-14-10-12-11-15-12/h12H,1-11H2. The zero-order chi connectivity index (χ0) is 10.8. The minimum Gasteiger partial charge on any atom is -0.379 e. The Bertz CT molecular complexity index is 138. The van der Waals surface area contributed by atoms with Crippen LogP contribution in [0.25, 0.3) is 0 Å². The molecule has 15 heavy (non-hydrogen) atoms. The molecule has 1 unspecified atom stereocenters. The van der Waals surface area contributed by atoms with Crippen molar-refractivity contribution in [2.24, 2.45) is 0 Å². The van der Waals surface area contributed by atoms with Gasteiger partial charge in [0.05, 0.1) is 13.2 Å². The third-order valence-corrected chi connectivity index (χ3v) is 3.39. The lowest BCUT2D eigenvalue weighted by atomic mass is 10.1. The van der Waals surface area contributed by atoms with Crippen molar-refractivity contribution in [3.05, 3.63) is 0 Å². The lowest BCUT2D eigenvalue weighted by molar-refractivity contribution is 0.113. The largest absolute Gasteiger partial charge is 0.379 e. The average molecular weight is 326 g/mol. The molecule has 0 aliphatic carbocycles. The van der Waals surface area contributed by atoms with Crippen molar-refractivity contribution >= 4 is 22.6 Å². The molecule has 1 rings (SSSR count). The fraction of sp³-hybridized carbons (Fsp3) is 1.00. The Morgan fingerprint density at radius 1 is 1.00 bits per heavy atom. The molecule has 0 aromatic carbocycles. The third-order valence-electron chi connectivity index (χ3n) is 2.63. The van der Waals surface area contributed by atoms with Crippen molar-refractivity contribution in [3.8, 4) is 0 Å². The lowest BCUT2D eigenvalue weighted by Crippen LogP contribution is -2.02. The van der Waals surface area contributed by atoms with Crippen LogP contribution < -0.4 is 0 Å². The first kappa shape index (κ1) is 13.7. The molecule has 1 aliphatic rings. The van der Waals surface area contributed by atoms with Crippen LogP contribution in [0, 0.1) is 0 Å². The Labute approximate surface area is 107 Å². The van der Waals surface area contributed by atoms with Gasteiger partial charge >= 0.3 is 0 Å². The summed E-state index contributed by atoms with van der Waals surface area (Å²) in [4.78, 5) is 0. The lowest BCUT2D eigenvalue weighted by Gasteiger charge is -2.02. The molecule has 1 fully saturated rings. The second kappa shape index (κ2) is 9.85. The van der Waals surface area contributed by atoms with E-state index in [2.05, 4.69) is 22.6 Å². The summed E-state index contributed by atoms with van der Waals surface area (Å²) in [6.07, 6.45) is 9.99. The zero-order valence-electron chi connectivity index (χ0n) is 9.55. The van der Waals surface area contributed by atoms with Gasteiger partial charge in [-0.05, 0) is 17.3 Å². The molecule has 0 spiro atoms. The Morgan fingerprint density at radius 3 is 2.20 bits per heavy atom. The number of hydrogen-bond donors (Lipinski definition) is 0. The first-order chi connectivity index (χ1) is 7.43. The van der Waals surface area contributed by atoms with E-state index >= 15 is 0 Å². The summed E-state index contributed by atoms with van der Waals surface area (Å²) in [5, 5.41) is 0. The minimum absolute atomic E-state index is 0.429. The molecular weight excluding hydrogens is 303 g/mol. The van der Waals surface area contributed by atoms with Crippen LogP contribution in [0.4, 0.5) is 0 Å². The predicted octanol–water partition coefficient (Wildman–Crippen LogP) is 3.57. The first-order valence-corrected chi connectivity index (χ1v) is 7.71. The van der Waals surface area contributed by atoms with E-state index in [1.54, 1.807) is 0 Å². The summed E-state index contributed by atoms with van der Waals surface area (Å²) < 4.78 is 11.9. The Balaban J connectivity index is 1.62. The van der Waals surface area contributed by atoms with Gasteiger partial charge in [-0.3, -0.25) is 0 Å². The maximum Gasteiger partial charge on any atom is 0.104 e. The van der Waals surface area contributed by atoms with E-state index < -0.39 is 0 Å². The van der Waals surface area contributed by atoms with E-state index in [0.717, 1.165) is 19.8 Å². The smallest absolute Gasteiger partial charge is 0.104 e. The molecule has 0 bridgehead atoms. The molecule has 0 radical (unpaired) electrons. The van der Waals surface area contributed by atoms with Gasteiger partial charge < -0.3 is 9.47 Å². The molecule has 3 heteroatoms. The van der Waals surface area contributed by atoms with Crippen LogP contribution in [0.1, 0.15) is 44.9 Å². The Morgan fingerprint density at radius 2 is 1.60 bits per heavy atom. The SMILES string of the molecule is ICCCCCCCCCOCC1CO1. The summed E-state index contributed by atoms with van der Waals surface area (Å²) in [6.45, 7) is 2.65. The molecule has 0 aromatic rings. The molecule has 0 aromatic heterocycles. The van der Waals surface area contributed by atoms with Gasteiger partial charge in [-0.25, -0.2) is 0 Å². The van der Waals surface area contributed by atoms with Crippen LogP contribution in [-0.4, -0.2) is 30.4 Å². The van der Waals surface area contributed by atoms with Gasteiger partial charge in [0.25, 0.3) is 0 Å². The van der Waals surface area contributed by atoms with E-state index in [1.807, 2.05) is 0 Å². The number of epoxide rings is 1. The number of halogens is 1. The fourth-order valence-electron chi connectivity index (χ4n) is 1.56. The van der Waals surface area contributed by atoms with Crippen LogP contribution in [0.2, 0.25) is 0 Å². The molecule has 1 saturated heterocycles. The van der Waals surface area contributed by atoms with Gasteiger partial charge in [-0.15, -0.1) is 0 Å². The highest BCUT2D eigenvalue weighted by Crippen LogP contribution is 2.10. The number of rotatable bonds is 11. The molecule has 1 atom stereocenters. The summed E-state index contributed by atoms with van der Waals surface area (Å²) in [5.41, 5.74) is 0. The highest BCUT2D eigenvalue weighted by atomic mass is 127. The fourth-order valence-corrected chi connectivity index (χ4v) is 2.10. The summed E-state index contributed by atoms with van der Waals surface area (Å²) in [7, 11) is 0. The van der Waals surface area contributed by atoms with Crippen molar-refractivity contribution in [1.82, 2.24) is 0 Å². The highest BCUT2D eigenvalue weighted by molar-refractivity contribution is 14.1. The number of unbranched alkanes of at least 4 members (excludes halogenated alkanes) is 6. The van der Waals surface area contributed by atoms with Gasteiger partial charge in [0, 0.05) is 6.61 Å². The van der Waals surface area contributed by atoms with E-state index in [9.17, 15) is 0 Å². The molecule has 90 valence electrons. The number of alkyl halides is 1. The van der Waals surface area contributed by atoms with Crippen LogP contribution in [0.5, 0.6) is 0 Å². The van der Waals surface area contributed by atoms with E-state index in [1.165, 1.54) is 49.4 Å². The van der Waals surface area contributed by atoms with Crippen molar-refractivity contribution in [3.63, 3.8) is 0 Å². The maximum atomic E-state index is 5.48. The van der Waals surface area contributed by atoms with E-state index in [0.29, 0.717) is 6.10 Å². The maximum absolute atomic E-state index is 5.48. The number of ether oxygens (including phenoxy) is 2. The van der Waals surface area contributed by atoms with Gasteiger partial charge in [0.15, 0.2) is 0 Å². The summed E-state index contributed by atoms with van der Waals surface area (Å²) in [6, 6.07) is 0. The van der Waals surface area contributed by atoms with Crippen molar-refractivity contribution in [1.29, 1.82) is 0 Å². The Kier molecular flexibility index (Phi) is 9.00. The Hall–Kier alpha value is 0.650. The molecular formula is C12H23IO2. The zero-order valence-corrected chi connectivity index (χ0v) is 11.7. The summed E-state index contributed by atoms with van der Waals surface area (Å²) >= 11 is 2.45. The topological polar surface area (TPSA) is 21.8 Å². The average Bonchev–Trinajstić information content (AvgIpc) is 3.05. The van der Waals surface area contributed by atoms with Crippen molar-refractivity contribution in [2.75, 3.05) is 24.2 Å².